The molecule has 1 aliphatic rings. The van der Waals surface area contributed by atoms with Gasteiger partial charge in [0, 0.05) is 6.26 Å². The lowest BCUT2D eigenvalue weighted by atomic mass is 9.89. The molecule has 2 N–H and O–H groups in total. The van der Waals surface area contributed by atoms with E-state index in [0.717, 1.165) is 25.7 Å². The summed E-state index contributed by atoms with van der Waals surface area (Å²) in [5.74, 6) is 0.558. The van der Waals surface area contributed by atoms with Crippen LogP contribution in [0, 0.1) is 5.92 Å². The Hall–Kier alpha value is -0.0900. The van der Waals surface area contributed by atoms with Crippen LogP contribution in [0.15, 0.2) is 0 Å². The summed E-state index contributed by atoms with van der Waals surface area (Å²) < 4.78 is 22.3. The molecule has 1 saturated carbocycles. The number of rotatable bonds is 2. The fourth-order valence-electron chi connectivity index (χ4n) is 1.80. The highest BCUT2D eigenvalue weighted by Crippen LogP contribution is 2.27. The Bertz CT molecular complexity index is 227. The van der Waals surface area contributed by atoms with Crippen LogP contribution in [-0.4, -0.2) is 26.5 Å². The molecular formula is C8H17NO2S. The van der Waals surface area contributed by atoms with Crippen molar-refractivity contribution in [3.05, 3.63) is 0 Å². The van der Waals surface area contributed by atoms with Crippen molar-refractivity contribution in [2.24, 2.45) is 11.7 Å². The molecule has 0 unspecified atom stereocenters. The maximum atomic E-state index is 11.2. The van der Waals surface area contributed by atoms with E-state index < -0.39 is 9.84 Å². The average Bonchev–Trinajstić information content (AvgIpc) is 2.03. The fourth-order valence-corrected chi connectivity index (χ4v) is 2.92. The number of hydrogen-bond acceptors (Lipinski definition) is 3. The number of sulfone groups is 1. The molecule has 0 aromatic carbocycles. The predicted molar refractivity (Wildman–Crippen MR) is 49.6 cm³/mol. The summed E-state index contributed by atoms with van der Waals surface area (Å²) >= 11 is 0. The Morgan fingerprint density at radius 2 is 1.75 bits per heavy atom. The molecule has 0 spiro atoms. The molecule has 0 atom stereocenters. The molecule has 0 radical (unpaired) electrons. The van der Waals surface area contributed by atoms with Gasteiger partial charge in [0.05, 0.1) is 5.25 Å². The lowest BCUT2D eigenvalue weighted by molar-refractivity contribution is 0.365. The van der Waals surface area contributed by atoms with Crippen molar-refractivity contribution < 1.29 is 8.42 Å². The van der Waals surface area contributed by atoms with Crippen molar-refractivity contribution in [1.29, 1.82) is 0 Å². The summed E-state index contributed by atoms with van der Waals surface area (Å²) in [6, 6.07) is 0. The zero-order valence-corrected chi connectivity index (χ0v) is 8.31. The molecule has 0 bridgehead atoms. The lowest BCUT2D eigenvalue weighted by Crippen LogP contribution is -2.29. The summed E-state index contributed by atoms with van der Waals surface area (Å²) in [7, 11) is -2.80. The first-order chi connectivity index (χ1) is 5.54. The van der Waals surface area contributed by atoms with Gasteiger partial charge in [-0.3, -0.25) is 0 Å². The second-order valence-electron chi connectivity index (χ2n) is 3.71. The van der Waals surface area contributed by atoms with Crippen molar-refractivity contribution in [2.75, 3.05) is 12.8 Å². The maximum absolute atomic E-state index is 11.2. The molecule has 1 rings (SSSR count). The highest BCUT2D eigenvalue weighted by atomic mass is 32.2. The van der Waals surface area contributed by atoms with Crippen LogP contribution in [0.2, 0.25) is 0 Å². The maximum Gasteiger partial charge on any atom is 0.150 e. The van der Waals surface area contributed by atoms with E-state index in [1.165, 1.54) is 6.26 Å². The van der Waals surface area contributed by atoms with Gasteiger partial charge in [-0.1, -0.05) is 0 Å². The minimum atomic E-state index is -2.80. The molecule has 1 aliphatic carbocycles. The van der Waals surface area contributed by atoms with Crippen LogP contribution in [0.3, 0.4) is 0 Å². The smallest absolute Gasteiger partial charge is 0.150 e. The summed E-state index contributed by atoms with van der Waals surface area (Å²) in [5, 5.41) is -0.0969. The van der Waals surface area contributed by atoms with Crippen LogP contribution >= 0.6 is 0 Å². The average molecular weight is 191 g/mol. The van der Waals surface area contributed by atoms with E-state index in [1.807, 2.05) is 0 Å². The van der Waals surface area contributed by atoms with Gasteiger partial charge >= 0.3 is 0 Å². The van der Waals surface area contributed by atoms with E-state index in [9.17, 15) is 8.42 Å². The lowest BCUT2D eigenvalue weighted by Gasteiger charge is -2.26. The van der Waals surface area contributed by atoms with Crippen LogP contribution in [0.4, 0.5) is 0 Å². The molecule has 3 nitrogen and oxygen atoms in total. The quantitative estimate of drug-likeness (QED) is 0.693. The monoisotopic (exact) mass is 191 g/mol. The highest BCUT2D eigenvalue weighted by molar-refractivity contribution is 7.91. The van der Waals surface area contributed by atoms with Crippen molar-refractivity contribution in [1.82, 2.24) is 0 Å². The molecule has 0 saturated heterocycles. The molecule has 0 amide bonds. The van der Waals surface area contributed by atoms with Crippen LogP contribution in [0.5, 0.6) is 0 Å². The Kier molecular flexibility index (Phi) is 3.12. The van der Waals surface area contributed by atoms with Crippen molar-refractivity contribution in [2.45, 2.75) is 30.9 Å². The first kappa shape index (κ1) is 9.99. The first-order valence-electron chi connectivity index (χ1n) is 4.43. The van der Waals surface area contributed by atoms with Gasteiger partial charge in [-0.2, -0.15) is 0 Å². The Morgan fingerprint density at radius 3 is 2.08 bits per heavy atom. The van der Waals surface area contributed by atoms with Gasteiger partial charge in [-0.05, 0) is 38.1 Å². The standard InChI is InChI=1S/C8H17NO2S/c1-12(10,11)8-4-2-7(6-9)3-5-8/h7-8H,2-6,9H2,1H3. The van der Waals surface area contributed by atoms with E-state index in [-0.39, 0.29) is 5.25 Å². The van der Waals surface area contributed by atoms with Crippen LogP contribution in [0.25, 0.3) is 0 Å². The summed E-state index contributed by atoms with van der Waals surface area (Å²) in [6.07, 6.45) is 4.91. The summed E-state index contributed by atoms with van der Waals surface area (Å²) in [6.45, 7) is 0.705. The van der Waals surface area contributed by atoms with Crippen molar-refractivity contribution in [3.8, 4) is 0 Å². The summed E-state index contributed by atoms with van der Waals surface area (Å²) in [5.41, 5.74) is 5.51. The molecule has 0 aromatic heterocycles. The van der Waals surface area contributed by atoms with Gasteiger partial charge in [0.15, 0.2) is 0 Å². The molecular weight excluding hydrogens is 174 g/mol. The minimum absolute atomic E-state index is 0.0969. The van der Waals surface area contributed by atoms with Gasteiger partial charge in [0.1, 0.15) is 9.84 Å². The zero-order valence-electron chi connectivity index (χ0n) is 7.49. The van der Waals surface area contributed by atoms with E-state index in [0.29, 0.717) is 12.5 Å². The first-order valence-corrected chi connectivity index (χ1v) is 6.38. The topological polar surface area (TPSA) is 60.2 Å². The third-order valence-electron chi connectivity index (χ3n) is 2.73. The predicted octanol–water partition coefficient (Wildman–Crippen LogP) is 0.549. The van der Waals surface area contributed by atoms with Gasteiger partial charge in [0.2, 0.25) is 0 Å². The Balaban J connectivity index is 2.47. The van der Waals surface area contributed by atoms with Crippen molar-refractivity contribution >= 4 is 9.84 Å². The second kappa shape index (κ2) is 3.75. The zero-order chi connectivity index (χ0) is 9.19. The van der Waals surface area contributed by atoms with E-state index in [2.05, 4.69) is 0 Å². The van der Waals surface area contributed by atoms with E-state index >= 15 is 0 Å². The van der Waals surface area contributed by atoms with Gasteiger partial charge < -0.3 is 5.73 Å². The van der Waals surface area contributed by atoms with E-state index in [1.54, 1.807) is 0 Å². The third-order valence-corrected chi connectivity index (χ3v) is 4.42. The Labute approximate surface area is 74.3 Å². The molecule has 0 aliphatic heterocycles. The number of hydrogen-bond donors (Lipinski definition) is 1. The molecule has 72 valence electrons. The molecule has 0 aromatic rings. The molecule has 1 fully saturated rings. The Morgan fingerprint density at radius 1 is 1.25 bits per heavy atom. The summed E-state index contributed by atoms with van der Waals surface area (Å²) in [4.78, 5) is 0. The van der Waals surface area contributed by atoms with Crippen LogP contribution in [-0.2, 0) is 9.84 Å². The van der Waals surface area contributed by atoms with Gasteiger partial charge in [-0.25, -0.2) is 8.42 Å². The largest absolute Gasteiger partial charge is 0.330 e. The second-order valence-corrected chi connectivity index (χ2v) is 6.03. The van der Waals surface area contributed by atoms with Crippen LogP contribution in [0.1, 0.15) is 25.7 Å². The van der Waals surface area contributed by atoms with Crippen molar-refractivity contribution in [3.63, 3.8) is 0 Å². The van der Waals surface area contributed by atoms with Gasteiger partial charge in [-0.15, -0.1) is 0 Å². The van der Waals surface area contributed by atoms with Crippen LogP contribution < -0.4 is 5.73 Å². The SMILES string of the molecule is CS(=O)(=O)C1CCC(CN)CC1. The number of nitrogens with two attached hydrogens (primary N) is 1. The minimum Gasteiger partial charge on any atom is -0.330 e. The molecule has 12 heavy (non-hydrogen) atoms. The third kappa shape index (κ3) is 2.45. The molecule has 4 heteroatoms. The normalized spacial score (nSPS) is 31.8. The highest BCUT2D eigenvalue weighted by Gasteiger charge is 2.26. The fraction of sp³-hybridized carbons (Fsp3) is 1.00. The van der Waals surface area contributed by atoms with E-state index in [4.69, 9.17) is 5.73 Å². The van der Waals surface area contributed by atoms with Gasteiger partial charge in [0.25, 0.3) is 0 Å². The molecule has 0 heterocycles.